The predicted octanol–water partition coefficient (Wildman–Crippen LogP) is 3.73. The summed E-state index contributed by atoms with van der Waals surface area (Å²) < 4.78 is 28.4. The first-order valence-corrected chi connectivity index (χ1v) is 6.78. The van der Waals surface area contributed by atoms with Gasteiger partial charge in [-0.05, 0) is 42.0 Å². The van der Waals surface area contributed by atoms with Gasteiger partial charge in [-0.3, -0.25) is 0 Å². The molecule has 2 nitrogen and oxygen atoms in total. The predicted molar refractivity (Wildman–Crippen MR) is 74.7 cm³/mol. The Bertz CT molecular complexity index is 658. The molecule has 0 aliphatic heterocycles. The minimum atomic E-state index is -0.829. The van der Waals surface area contributed by atoms with E-state index in [1.807, 2.05) is 16.8 Å². The van der Waals surface area contributed by atoms with Gasteiger partial charge in [0.1, 0.15) is 0 Å². The second-order valence-corrected chi connectivity index (χ2v) is 6.34. The van der Waals surface area contributed by atoms with Crippen LogP contribution < -0.4 is 5.73 Å². The van der Waals surface area contributed by atoms with Crippen molar-refractivity contribution in [3.63, 3.8) is 0 Å². The van der Waals surface area contributed by atoms with Crippen LogP contribution in [0.5, 0.6) is 0 Å². The average Bonchev–Trinajstić information content (AvgIpc) is 2.75. The highest BCUT2D eigenvalue weighted by Gasteiger charge is 2.32. The minimum absolute atomic E-state index is 0.000273. The molecule has 1 aliphatic rings. The van der Waals surface area contributed by atoms with Crippen LogP contribution in [0.25, 0.3) is 5.69 Å². The quantitative estimate of drug-likeness (QED) is 0.845. The van der Waals surface area contributed by atoms with Gasteiger partial charge >= 0.3 is 0 Å². The van der Waals surface area contributed by atoms with Gasteiger partial charge in [0.05, 0.1) is 0 Å². The van der Waals surface area contributed by atoms with E-state index in [1.54, 1.807) is 6.07 Å². The molecule has 1 aliphatic carbocycles. The van der Waals surface area contributed by atoms with E-state index in [2.05, 4.69) is 13.8 Å². The Kier molecular flexibility index (Phi) is 2.94. The molecule has 0 radical (unpaired) electrons. The zero-order chi connectivity index (χ0) is 14.5. The summed E-state index contributed by atoms with van der Waals surface area (Å²) in [5.41, 5.74) is 9.17. The van der Waals surface area contributed by atoms with Gasteiger partial charge < -0.3 is 10.3 Å². The van der Waals surface area contributed by atoms with E-state index in [1.165, 1.54) is 6.07 Å². The molecule has 0 saturated carbocycles. The first kappa shape index (κ1) is 13.3. The summed E-state index contributed by atoms with van der Waals surface area (Å²) >= 11 is 0. The summed E-state index contributed by atoms with van der Waals surface area (Å²) in [6, 6.07) is 5.95. The number of nitrogens with two attached hydrogens (primary N) is 1. The summed E-state index contributed by atoms with van der Waals surface area (Å²) in [6.07, 6.45) is 3.70. The highest BCUT2D eigenvalue weighted by Crippen LogP contribution is 2.40. The molecule has 1 heterocycles. The largest absolute Gasteiger partial charge is 0.324 e. The van der Waals surface area contributed by atoms with Gasteiger partial charge in [-0.2, -0.15) is 0 Å². The van der Waals surface area contributed by atoms with E-state index in [4.69, 9.17) is 5.73 Å². The molecule has 1 aromatic heterocycles. The van der Waals surface area contributed by atoms with Crippen molar-refractivity contribution >= 4 is 0 Å². The van der Waals surface area contributed by atoms with Crippen molar-refractivity contribution in [3.8, 4) is 5.69 Å². The van der Waals surface area contributed by atoms with E-state index in [9.17, 15) is 8.78 Å². The third-order valence-electron chi connectivity index (χ3n) is 4.03. The number of benzene rings is 1. The monoisotopic (exact) mass is 276 g/mol. The minimum Gasteiger partial charge on any atom is -0.324 e. The number of hydrogen-bond acceptors (Lipinski definition) is 1. The molecule has 1 unspecified atom stereocenters. The highest BCUT2D eigenvalue weighted by atomic mass is 19.2. The summed E-state index contributed by atoms with van der Waals surface area (Å²) in [5.74, 6) is -1.66. The lowest BCUT2D eigenvalue weighted by atomic mass is 9.74. The highest BCUT2D eigenvalue weighted by molar-refractivity contribution is 5.41. The van der Waals surface area contributed by atoms with E-state index in [0.29, 0.717) is 5.69 Å². The number of aromatic nitrogens is 1. The van der Waals surface area contributed by atoms with E-state index in [0.717, 1.165) is 30.2 Å². The first-order valence-electron chi connectivity index (χ1n) is 6.78. The molecular formula is C16H18F2N2. The molecule has 0 spiro atoms. The molecule has 106 valence electrons. The van der Waals surface area contributed by atoms with Crippen LogP contribution in [0.3, 0.4) is 0 Å². The van der Waals surface area contributed by atoms with E-state index >= 15 is 0 Å². The Morgan fingerprint density at radius 3 is 2.65 bits per heavy atom. The van der Waals surface area contributed by atoms with Gasteiger partial charge in [0.15, 0.2) is 11.6 Å². The first-order chi connectivity index (χ1) is 9.37. The lowest BCUT2D eigenvalue weighted by molar-refractivity contribution is 0.278. The fraction of sp³-hybridized carbons (Fsp3) is 0.375. The molecule has 1 atom stereocenters. The van der Waals surface area contributed by atoms with Crippen molar-refractivity contribution in [2.75, 3.05) is 0 Å². The number of rotatable bonds is 1. The van der Waals surface area contributed by atoms with Crippen LogP contribution >= 0.6 is 0 Å². The second kappa shape index (κ2) is 4.42. The normalized spacial score (nSPS) is 20.8. The Labute approximate surface area is 117 Å². The molecule has 0 saturated heterocycles. The lowest BCUT2D eigenvalue weighted by Crippen LogP contribution is -2.30. The fourth-order valence-corrected chi connectivity index (χ4v) is 3.11. The standard InChI is InChI=1S/C16H18F2N2/c1-16(2)8-14(19)11-5-6-20(15(11)9-16)10-3-4-12(17)13(18)7-10/h3-7,14H,8-9,19H2,1-2H3. The van der Waals surface area contributed by atoms with Crippen LogP contribution in [0.15, 0.2) is 30.5 Å². The molecule has 0 bridgehead atoms. The SMILES string of the molecule is CC1(C)Cc2c(ccn2-c2ccc(F)c(F)c2)C(N)C1. The van der Waals surface area contributed by atoms with Crippen LogP contribution in [0.2, 0.25) is 0 Å². The molecule has 1 aromatic carbocycles. The van der Waals surface area contributed by atoms with E-state index < -0.39 is 11.6 Å². The smallest absolute Gasteiger partial charge is 0.160 e. The maximum atomic E-state index is 13.4. The molecular weight excluding hydrogens is 258 g/mol. The van der Waals surface area contributed by atoms with Crippen molar-refractivity contribution in [3.05, 3.63) is 53.4 Å². The van der Waals surface area contributed by atoms with Gasteiger partial charge in [0.25, 0.3) is 0 Å². The van der Waals surface area contributed by atoms with Crippen LogP contribution in [-0.2, 0) is 6.42 Å². The van der Waals surface area contributed by atoms with Crippen molar-refractivity contribution in [1.29, 1.82) is 0 Å². The van der Waals surface area contributed by atoms with Crippen molar-refractivity contribution in [1.82, 2.24) is 4.57 Å². The Morgan fingerprint density at radius 2 is 1.95 bits per heavy atom. The van der Waals surface area contributed by atoms with Gasteiger partial charge in [-0.1, -0.05) is 13.8 Å². The maximum Gasteiger partial charge on any atom is 0.160 e. The molecule has 0 amide bonds. The van der Waals surface area contributed by atoms with Crippen LogP contribution in [0.1, 0.15) is 37.6 Å². The molecule has 2 aromatic rings. The Hall–Kier alpha value is -1.68. The summed E-state index contributed by atoms with van der Waals surface area (Å²) in [5, 5.41) is 0. The van der Waals surface area contributed by atoms with Crippen LogP contribution in [0, 0.1) is 17.0 Å². The molecule has 2 N–H and O–H groups in total. The number of halogens is 2. The maximum absolute atomic E-state index is 13.4. The molecule has 4 heteroatoms. The van der Waals surface area contributed by atoms with Crippen molar-refractivity contribution in [2.24, 2.45) is 11.1 Å². The van der Waals surface area contributed by atoms with Crippen molar-refractivity contribution in [2.45, 2.75) is 32.7 Å². The van der Waals surface area contributed by atoms with Gasteiger partial charge in [0.2, 0.25) is 0 Å². The summed E-state index contributed by atoms with van der Waals surface area (Å²) in [4.78, 5) is 0. The number of fused-ring (bicyclic) bond motifs is 1. The Balaban J connectivity index is 2.10. The third kappa shape index (κ3) is 2.14. The molecule has 3 rings (SSSR count). The summed E-state index contributed by atoms with van der Waals surface area (Å²) in [6.45, 7) is 4.36. The van der Waals surface area contributed by atoms with Gasteiger partial charge in [-0.25, -0.2) is 8.78 Å². The number of nitrogens with zero attached hydrogens (tertiary/aromatic N) is 1. The molecule has 20 heavy (non-hydrogen) atoms. The topological polar surface area (TPSA) is 30.9 Å². The zero-order valence-electron chi connectivity index (χ0n) is 11.7. The average molecular weight is 276 g/mol. The number of hydrogen-bond donors (Lipinski definition) is 1. The Morgan fingerprint density at radius 1 is 1.20 bits per heavy atom. The van der Waals surface area contributed by atoms with Crippen molar-refractivity contribution < 1.29 is 8.78 Å². The second-order valence-electron chi connectivity index (χ2n) is 6.34. The van der Waals surface area contributed by atoms with E-state index in [-0.39, 0.29) is 11.5 Å². The zero-order valence-corrected chi connectivity index (χ0v) is 11.7. The third-order valence-corrected chi connectivity index (χ3v) is 4.03. The molecule has 0 fully saturated rings. The summed E-state index contributed by atoms with van der Waals surface area (Å²) in [7, 11) is 0. The van der Waals surface area contributed by atoms with Gasteiger partial charge in [-0.15, -0.1) is 0 Å². The van der Waals surface area contributed by atoms with Gasteiger partial charge in [0, 0.05) is 29.7 Å². The lowest BCUT2D eigenvalue weighted by Gasteiger charge is -2.34. The fourth-order valence-electron chi connectivity index (χ4n) is 3.11. The van der Waals surface area contributed by atoms with Crippen LogP contribution in [0.4, 0.5) is 8.78 Å². The van der Waals surface area contributed by atoms with Crippen LogP contribution in [-0.4, -0.2) is 4.57 Å².